The van der Waals surface area contributed by atoms with Gasteiger partial charge in [-0.3, -0.25) is 4.79 Å². The van der Waals surface area contributed by atoms with Crippen molar-refractivity contribution in [1.29, 1.82) is 0 Å². The van der Waals surface area contributed by atoms with Gasteiger partial charge in [-0.1, -0.05) is 23.8 Å². The highest BCUT2D eigenvalue weighted by atomic mass is 16.4. The summed E-state index contributed by atoms with van der Waals surface area (Å²) in [4.78, 5) is 21.4. The molecule has 0 unspecified atom stereocenters. The zero-order chi connectivity index (χ0) is 12.1. The molecule has 0 aliphatic heterocycles. The van der Waals surface area contributed by atoms with Crippen LogP contribution in [0.1, 0.15) is 23.6 Å². The van der Waals surface area contributed by atoms with Crippen LogP contribution in [0.4, 0.5) is 0 Å². The Morgan fingerprint density at radius 3 is 2.56 bits per heavy atom. The van der Waals surface area contributed by atoms with Crippen molar-refractivity contribution in [3.05, 3.63) is 41.0 Å². The Hall–Kier alpha value is -1.90. The molecular weight excluding hydrogens is 204 g/mol. The first-order chi connectivity index (χ1) is 7.47. The molecule has 0 radical (unpaired) electrons. The molecule has 0 bridgehead atoms. The van der Waals surface area contributed by atoms with E-state index in [-0.39, 0.29) is 5.78 Å². The lowest BCUT2D eigenvalue weighted by atomic mass is 10.0. The molecule has 0 aliphatic carbocycles. The van der Waals surface area contributed by atoms with Crippen LogP contribution >= 0.6 is 0 Å². The molecule has 1 N–H and O–H groups in total. The molecule has 3 nitrogen and oxygen atoms in total. The standard InChI is InChI=1S/C13H14O3/c1-9-5-11(3-4-13(15)16)8-12(6-9)7-10(2)14/h3-6,8H,7H2,1-2H3,(H,15,16)/b4-3+. The minimum atomic E-state index is -0.977. The normalized spacial score (nSPS) is 10.6. The Bertz CT molecular complexity index is 444. The molecule has 0 aromatic heterocycles. The number of benzene rings is 1. The molecule has 0 heterocycles. The highest BCUT2D eigenvalue weighted by Gasteiger charge is 2.00. The van der Waals surface area contributed by atoms with Gasteiger partial charge in [-0.25, -0.2) is 4.79 Å². The Balaban J connectivity index is 2.98. The van der Waals surface area contributed by atoms with Crippen LogP contribution in [0.15, 0.2) is 24.3 Å². The van der Waals surface area contributed by atoms with E-state index in [4.69, 9.17) is 5.11 Å². The maximum Gasteiger partial charge on any atom is 0.328 e. The van der Waals surface area contributed by atoms with Gasteiger partial charge in [-0.15, -0.1) is 0 Å². The number of aryl methyl sites for hydroxylation is 1. The second kappa shape index (κ2) is 5.26. The van der Waals surface area contributed by atoms with Gasteiger partial charge in [-0.05, 0) is 31.1 Å². The van der Waals surface area contributed by atoms with E-state index < -0.39 is 5.97 Å². The highest BCUT2D eigenvalue weighted by molar-refractivity contribution is 5.85. The van der Waals surface area contributed by atoms with Gasteiger partial charge in [-0.2, -0.15) is 0 Å². The van der Waals surface area contributed by atoms with Gasteiger partial charge in [0.15, 0.2) is 0 Å². The van der Waals surface area contributed by atoms with Crippen molar-refractivity contribution < 1.29 is 14.7 Å². The number of rotatable bonds is 4. The first kappa shape index (κ1) is 12.2. The highest BCUT2D eigenvalue weighted by Crippen LogP contribution is 2.12. The third-order valence-electron chi connectivity index (χ3n) is 2.03. The van der Waals surface area contributed by atoms with Crippen LogP contribution in [-0.4, -0.2) is 16.9 Å². The summed E-state index contributed by atoms with van der Waals surface area (Å²) in [6.07, 6.45) is 3.00. The summed E-state index contributed by atoms with van der Waals surface area (Å²) >= 11 is 0. The van der Waals surface area contributed by atoms with Gasteiger partial charge in [0.05, 0.1) is 0 Å². The number of carbonyl (C=O) groups is 2. The molecule has 16 heavy (non-hydrogen) atoms. The van der Waals surface area contributed by atoms with E-state index in [2.05, 4.69) is 0 Å². The van der Waals surface area contributed by atoms with Gasteiger partial charge >= 0.3 is 5.97 Å². The maximum atomic E-state index is 11.0. The molecule has 0 fully saturated rings. The third-order valence-corrected chi connectivity index (χ3v) is 2.03. The first-order valence-corrected chi connectivity index (χ1v) is 4.98. The summed E-state index contributed by atoms with van der Waals surface area (Å²) < 4.78 is 0. The molecule has 3 heteroatoms. The topological polar surface area (TPSA) is 54.4 Å². The van der Waals surface area contributed by atoms with Crippen molar-refractivity contribution in [1.82, 2.24) is 0 Å². The van der Waals surface area contributed by atoms with Crippen molar-refractivity contribution in [3.63, 3.8) is 0 Å². The molecule has 1 aromatic rings. The largest absolute Gasteiger partial charge is 0.478 e. The molecule has 0 saturated carbocycles. The maximum absolute atomic E-state index is 11.0. The van der Waals surface area contributed by atoms with E-state index in [1.54, 1.807) is 0 Å². The number of carbonyl (C=O) groups excluding carboxylic acids is 1. The first-order valence-electron chi connectivity index (χ1n) is 4.98. The second-order valence-corrected chi connectivity index (χ2v) is 3.80. The van der Waals surface area contributed by atoms with Crippen LogP contribution in [0.2, 0.25) is 0 Å². The predicted molar refractivity (Wildman–Crippen MR) is 62.2 cm³/mol. The van der Waals surface area contributed by atoms with E-state index in [0.717, 1.165) is 22.8 Å². The SMILES string of the molecule is CC(=O)Cc1cc(C)cc(/C=C/C(=O)O)c1. The summed E-state index contributed by atoms with van der Waals surface area (Å²) in [7, 11) is 0. The number of aliphatic carboxylic acids is 1. The van der Waals surface area contributed by atoms with Gasteiger partial charge < -0.3 is 5.11 Å². The molecule has 1 aromatic carbocycles. The predicted octanol–water partition coefficient (Wildman–Crippen LogP) is 2.22. The Labute approximate surface area is 94.4 Å². The Kier molecular flexibility index (Phi) is 4.00. The van der Waals surface area contributed by atoms with Gasteiger partial charge in [0.1, 0.15) is 5.78 Å². The van der Waals surface area contributed by atoms with Crippen LogP contribution in [0.5, 0.6) is 0 Å². The lowest BCUT2D eigenvalue weighted by Gasteiger charge is -2.02. The van der Waals surface area contributed by atoms with Crippen LogP contribution in [-0.2, 0) is 16.0 Å². The fourth-order valence-corrected chi connectivity index (χ4v) is 1.55. The Morgan fingerprint density at radius 1 is 1.31 bits per heavy atom. The third kappa shape index (κ3) is 4.09. The van der Waals surface area contributed by atoms with Crippen molar-refractivity contribution in [2.45, 2.75) is 20.3 Å². The second-order valence-electron chi connectivity index (χ2n) is 3.80. The van der Waals surface area contributed by atoms with Gasteiger partial charge in [0, 0.05) is 12.5 Å². The summed E-state index contributed by atoms with van der Waals surface area (Å²) in [6.45, 7) is 3.46. The summed E-state index contributed by atoms with van der Waals surface area (Å²) in [6, 6.07) is 5.64. The number of carboxylic acid groups (broad SMARTS) is 1. The minimum Gasteiger partial charge on any atom is -0.478 e. The van der Waals surface area contributed by atoms with E-state index in [9.17, 15) is 9.59 Å². The van der Waals surface area contributed by atoms with Gasteiger partial charge in [0.25, 0.3) is 0 Å². The van der Waals surface area contributed by atoms with Crippen molar-refractivity contribution in [3.8, 4) is 0 Å². The molecule has 0 saturated heterocycles. The number of Topliss-reactive ketones (excluding diaryl/α,β-unsaturated/α-hetero) is 1. The lowest BCUT2D eigenvalue weighted by molar-refractivity contribution is -0.131. The monoisotopic (exact) mass is 218 g/mol. The number of hydrogen-bond donors (Lipinski definition) is 1. The van der Waals surface area contributed by atoms with Crippen LogP contribution < -0.4 is 0 Å². The zero-order valence-electron chi connectivity index (χ0n) is 9.36. The van der Waals surface area contributed by atoms with Crippen molar-refractivity contribution in [2.75, 3.05) is 0 Å². The average molecular weight is 218 g/mol. The summed E-state index contributed by atoms with van der Waals surface area (Å²) in [5.41, 5.74) is 2.74. The molecule has 1 rings (SSSR count). The number of carboxylic acids is 1. The molecule has 0 amide bonds. The number of ketones is 1. The lowest BCUT2D eigenvalue weighted by Crippen LogP contribution is -1.97. The van der Waals surface area contributed by atoms with Crippen molar-refractivity contribution in [2.24, 2.45) is 0 Å². The molecule has 84 valence electrons. The summed E-state index contributed by atoms with van der Waals surface area (Å²) in [5.74, 6) is -0.881. The van der Waals surface area contributed by atoms with Gasteiger partial charge in [0.2, 0.25) is 0 Å². The zero-order valence-corrected chi connectivity index (χ0v) is 9.36. The minimum absolute atomic E-state index is 0.0961. The van der Waals surface area contributed by atoms with E-state index in [0.29, 0.717) is 6.42 Å². The van der Waals surface area contributed by atoms with E-state index in [1.165, 1.54) is 13.0 Å². The van der Waals surface area contributed by atoms with E-state index in [1.807, 2.05) is 25.1 Å². The fraction of sp³-hybridized carbons (Fsp3) is 0.231. The van der Waals surface area contributed by atoms with Crippen LogP contribution in [0, 0.1) is 6.92 Å². The van der Waals surface area contributed by atoms with E-state index >= 15 is 0 Å². The van der Waals surface area contributed by atoms with Crippen molar-refractivity contribution >= 4 is 17.8 Å². The van der Waals surface area contributed by atoms with Crippen LogP contribution in [0.3, 0.4) is 0 Å². The molecule has 0 spiro atoms. The molecular formula is C13H14O3. The fourth-order valence-electron chi connectivity index (χ4n) is 1.55. The summed E-state index contributed by atoms with van der Waals surface area (Å²) in [5, 5.41) is 8.52. The molecule has 0 atom stereocenters. The number of hydrogen-bond acceptors (Lipinski definition) is 2. The quantitative estimate of drug-likeness (QED) is 0.788. The van der Waals surface area contributed by atoms with Crippen LogP contribution in [0.25, 0.3) is 6.08 Å². The smallest absolute Gasteiger partial charge is 0.328 e. The average Bonchev–Trinajstić information content (AvgIpc) is 2.12. The Morgan fingerprint density at radius 2 is 2.00 bits per heavy atom. The molecule has 0 aliphatic rings.